The third-order valence-electron chi connectivity index (χ3n) is 2.97. The molecule has 1 aliphatic rings. The first-order valence-electron chi connectivity index (χ1n) is 6.86. The number of carbonyl (C=O) groups is 2. The molecule has 2 amide bonds. The molecule has 0 saturated carbocycles. The number of imide groups is 1. The first-order chi connectivity index (χ1) is 8.70. The summed E-state index contributed by atoms with van der Waals surface area (Å²) in [5.74, 6) is -0.151. The van der Waals surface area contributed by atoms with E-state index in [1.807, 2.05) is 6.92 Å². The van der Waals surface area contributed by atoms with Gasteiger partial charge in [0.05, 0.1) is 19.1 Å². The third-order valence-corrected chi connectivity index (χ3v) is 2.97. The highest BCUT2D eigenvalue weighted by molar-refractivity contribution is 6.05. The lowest BCUT2D eigenvalue weighted by molar-refractivity contribution is -0.138. The summed E-state index contributed by atoms with van der Waals surface area (Å²) < 4.78 is 5.40. The number of hydrogen-bond acceptors (Lipinski definition) is 4. The molecule has 1 heterocycles. The van der Waals surface area contributed by atoms with Crippen LogP contribution in [0.2, 0.25) is 0 Å². The molecule has 0 spiro atoms. The summed E-state index contributed by atoms with van der Waals surface area (Å²) in [5.41, 5.74) is 0. The molecule has 104 valence electrons. The molecular weight excluding hydrogens is 232 g/mol. The quantitative estimate of drug-likeness (QED) is 0.492. The number of amides is 2. The summed E-state index contributed by atoms with van der Waals surface area (Å²) in [5, 5.41) is 3.09. The highest BCUT2D eigenvalue weighted by Crippen LogP contribution is 2.13. The van der Waals surface area contributed by atoms with Crippen molar-refractivity contribution in [2.24, 2.45) is 0 Å². The molecule has 0 aromatic heterocycles. The van der Waals surface area contributed by atoms with Gasteiger partial charge in [-0.2, -0.15) is 0 Å². The Morgan fingerprint density at radius 1 is 1.28 bits per heavy atom. The number of nitrogens with one attached hydrogen (secondary N) is 1. The smallest absolute Gasteiger partial charge is 0.246 e. The molecule has 1 unspecified atom stereocenters. The Kier molecular flexibility index (Phi) is 6.90. The highest BCUT2D eigenvalue weighted by Gasteiger charge is 2.37. The van der Waals surface area contributed by atoms with Crippen LogP contribution in [-0.2, 0) is 14.3 Å². The molecule has 1 fully saturated rings. The molecule has 1 rings (SSSR count). The Balaban J connectivity index is 2.19. The largest absolute Gasteiger partial charge is 0.380 e. The molecule has 0 aromatic rings. The Labute approximate surface area is 109 Å². The van der Waals surface area contributed by atoms with Crippen LogP contribution in [0.15, 0.2) is 0 Å². The van der Waals surface area contributed by atoms with Gasteiger partial charge in [0.1, 0.15) is 0 Å². The predicted molar refractivity (Wildman–Crippen MR) is 69.1 cm³/mol. The van der Waals surface area contributed by atoms with Crippen LogP contribution in [0.4, 0.5) is 0 Å². The SMILES string of the molecule is CCCCOCCNC1CC(=O)N(CCC)C1=O. The molecular formula is C13H24N2O3. The summed E-state index contributed by atoms with van der Waals surface area (Å²) in [4.78, 5) is 24.8. The van der Waals surface area contributed by atoms with E-state index in [4.69, 9.17) is 4.74 Å². The summed E-state index contributed by atoms with van der Waals surface area (Å²) in [6.07, 6.45) is 3.28. The second kappa shape index (κ2) is 8.21. The molecule has 5 heteroatoms. The minimum Gasteiger partial charge on any atom is -0.380 e. The molecule has 1 saturated heterocycles. The molecule has 1 N–H and O–H groups in total. The summed E-state index contributed by atoms with van der Waals surface area (Å²) >= 11 is 0. The minimum atomic E-state index is -0.348. The highest BCUT2D eigenvalue weighted by atomic mass is 16.5. The maximum Gasteiger partial charge on any atom is 0.246 e. The van der Waals surface area contributed by atoms with Gasteiger partial charge in [-0.15, -0.1) is 0 Å². The van der Waals surface area contributed by atoms with Crippen molar-refractivity contribution in [3.63, 3.8) is 0 Å². The lowest BCUT2D eigenvalue weighted by Crippen LogP contribution is -2.40. The van der Waals surface area contributed by atoms with E-state index in [0.29, 0.717) is 19.7 Å². The van der Waals surface area contributed by atoms with Gasteiger partial charge in [-0.3, -0.25) is 14.5 Å². The second-order valence-corrected chi connectivity index (χ2v) is 4.56. The van der Waals surface area contributed by atoms with Crippen LogP contribution < -0.4 is 5.32 Å². The number of rotatable bonds is 9. The van der Waals surface area contributed by atoms with Crippen molar-refractivity contribution in [2.75, 3.05) is 26.3 Å². The van der Waals surface area contributed by atoms with Gasteiger partial charge in [-0.25, -0.2) is 0 Å². The van der Waals surface area contributed by atoms with E-state index in [9.17, 15) is 9.59 Å². The fourth-order valence-corrected chi connectivity index (χ4v) is 1.95. The van der Waals surface area contributed by atoms with Gasteiger partial charge >= 0.3 is 0 Å². The van der Waals surface area contributed by atoms with Crippen molar-refractivity contribution in [3.05, 3.63) is 0 Å². The van der Waals surface area contributed by atoms with Gasteiger partial charge < -0.3 is 10.1 Å². The van der Waals surface area contributed by atoms with Crippen LogP contribution in [0.25, 0.3) is 0 Å². The predicted octanol–water partition coefficient (Wildman–Crippen LogP) is 0.930. The van der Waals surface area contributed by atoms with E-state index in [2.05, 4.69) is 12.2 Å². The van der Waals surface area contributed by atoms with Crippen LogP contribution >= 0.6 is 0 Å². The maximum absolute atomic E-state index is 11.9. The summed E-state index contributed by atoms with van der Waals surface area (Å²) in [6, 6.07) is -0.348. The minimum absolute atomic E-state index is 0.0637. The van der Waals surface area contributed by atoms with Gasteiger partial charge in [0, 0.05) is 19.7 Å². The first-order valence-corrected chi connectivity index (χ1v) is 6.86. The normalized spacial score (nSPS) is 19.9. The monoisotopic (exact) mass is 256 g/mol. The van der Waals surface area contributed by atoms with Crippen LogP contribution in [0.3, 0.4) is 0 Å². The van der Waals surface area contributed by atoms with E-state index in [1.165, 1.54) is 4.90 Å². The van der Waals surface area contributed by atoms with Crippen molar-refractivity contribution in [1.82, 2.24) is 10.2 Å². The Bertz CT molecular complexity index is 281. The maximum atomic E-state index is 11.9. The Morgan fingerprint density at radius 3 is 2.72 bits per heavy atom. The van der Waals surface area contributed by atoms with E-state index >= 15 is 0 Å². The zero-order valence-electron chi connectivity index (χ0n) is 11.4. The Morgan fingerprint density at radius 2 is 2.06 bits per heavy atom. The lowest BCUT2D eigenvalue weighted by atomic mass is 10.2. The van der Waals surface area contributed by atoms with E-state index in [1.54, 1.807) is 0 Å². The molecule has 0 bridgehead atoms. The van der Waals surface area contributed by atoms with Crippen molar-refractivity contribution < 1.29 is 14.3 Å². The zero-order valence-corrected chi connectivity index (χ0v) is 11.4. The Hall–Kier alpha value is -0.940. The molecule has 0 aliphatic carbocycles. The van der Waals surface area contributed by atoms with Gasteiger partial charge in [0.2, 0.25) is 11.8 Å². The van der Waals surface area contributed by atoms with Crippen LogP contribution in [0.5, 0.6) is 0 Å². The molecule has 1 aliphatic heterocycles. The van der Waals surface area contributed by atoms with Crippen molar-refractivity contribution in [2.45, 2.75) is 45.6 Å². The number of carbonyl (C=O) groups excluding carboxylic acids is 2. The molecule has 18 heavy (non-hydrogen) atoms. The average molecular weight is 256 g/mol. The lowest BCUT2D eigenvalue weighted by Gasteiger charge is -2.14. The standard InChI is InChI=1S/C13H24N2O3/c1-3-5-8-18-9-6-14-11-10-12(16)15(7-4-2)13(11)17/h11,14H,3-10H2,1-2H3. The molecule has 5 nitrogen and oxygen atoms in total. The van der Waals surface area contributed by atoms with E-state index in [-0.39, 0.29) is 24.3 Å². The third kappa shape index (κ3) is 4.38. The van der Waals surface area contributed by atoms with Gasteiger partial charge in [0.25, 0.3) is 0 Å². The van der Waals surface area contributed by atoms with Crippen molar-refractivity contribution in [1.29, 1.82) is 0 Å². The van der Waals surface area contributed by atoms with E-state index in [0.717, 1.165) is 25.9 Å². The molecule has 0 radical (unpaired) electrons. The number of unbranched alkanes of at least 4 members (excludes halogenated alkanes) is 1. The average Bonchev–Trinajstić information content (AvgIpc) is 2.62. The summed E-state index contributed by atoms with van der Waals surface area (Å²) in [7, 11) is 0. The van der Waals surface area contributed by atoms with Crippen LogP contribution in [0.1, 0.15) is 39.5 Å². The van der Waals surface area contributed by atoms with E-state index < -0.39 is 0 Å². The number of nitrogens with zero attached hydrogens (tertiary/aromatic N) is 1. The number of ether oxygens (including phenoxy) is 1. The van der Waals surface area contributed by atoms with Gasteiger partial charge in [0.15, 0.2) is 0 Å². The zero-order chi connectivity index (χ0) is 13.4. The van der Waals surface area contributed by atoms with Crippen molar-refractivity contribution in [3.8, 4) is 0 Å². The van der Waals surface area contributed by atoms with Crippen molar-refractivity contribution >= 4 is 11.8 Å². The molecule has 1 atom stereocenters. The van der Waals surface area contributed by atoms with Gasteiger partial charge in [-0.05, 0) is 12.8 Å². The first kappa shape index (κ1) is 15.1. The fraction of sp³-hybridized carbons (Fsp3) is 0.846. The molecule has 0 aromatic carbocycles. The van der Waals surface area contributed by atoms with Crippen LogP contribution in [0, 0.1) is 0 Å². The topological polar surface area (TPSA) is 58.6 Å². The van der Waals surface area contributed by atoms with Gasteiger partial charge in [-0.1, -0.05) is 20.3 Å². The summed E-state index contributed by atoms with van der Waals surface area (Å²) in [6.45, 7) is 6.58. The number of likely N-dealkylation sites (tertiary alicyclic amines) is 1. The second-order valence-electron chi connectivity index (χ2n) is 4.56. The fourth-order valence-electron chi connectivity index (χ4n) is 1.95. The van der Waals surface area contributed by atoms with Crippen LogP contribution in [-0.4, -0.2) is 49.1 Å². The number of hydrogen-bond donors (Lipinski definition) is 1.